The normalized spacial score (nSPS) is 8.62. The van der Waals surface area contributed by atoms with Crippen molar-refractivity contribution in [2.75, 3.05) is 28.2 Å². The molecule has 2 nitrogen and oxygen atoms in total. The molecule has 0 aliphatic rings. The molecule has 0 bridgehead atoms. The summed E-state index contributed by atoms with van der Waals surface area (Å²) in [7, 11) is 10.7. The number of hydrogen-bond donors (Lipinski definition) is 0. The molecule has 0 rings (SSSR count). The van der Waals surface area contributed by atoms with Gasteiger partial charge in [0.2, 0.25) is 0 Å². The van der Waals surface area contributed by atoms with Gasteiger partial charge in [-0.2, -0.15) is 0 Å². The molecule has 0 fully saturated rings. The Bertz CT molecular complexity index is 169. The van der Waals surface area contributed by atoms with Crippen LogP contribution in [0.1, 0.15) is 1.43 Å². The molecule has 0 atom stereocenters. The van der Waals surface area contributed by atoms with E-state index in [0.717, 1.165) is 8.64 Å². The van der Waals surface area contributed by atoms with Gasteiger partial charge < -0.3 is 11.2 Å². The topological polar surface area (TPSA) is 6.48 Å². The van der Waals surface area contributed by atoms with Crippen molar-refractivity contribution in [3.05, 3.63) is 0 Å². The van der Waals surface area contributed by atoms with Gasteiger partial charge in [0.1, 0.15) is 8.64 Å². The number of thiocarbonyl (C=S) groups is 2. The van der Waals surface area contributed by atoms with Gasteiger partial charge in [-0.1, -0.05) is 24.4 Å². The van der Waals surface area contributed by atoms with E-state index >= 15 is 0 Å². The van der Waals surface area contributed by atoms with Crippen LogP contribution < -0.4 is 29.6 Å². The summed E-state index contributed by atoms with van der Waals surface area (Å²) in [6, 6.07) is 0. The molecule has 0 N–H and O–H groups in total. The minimum Gasteiger partial charge on any atom is -1.00 e. The van der Waals surface area contributed by atoms with Gasteiger partial charge in [-0.25, -0.2) is 0 Å². The van der Waals surface area contributed by atoms with Crippen molar-refractivity contribution in [1.82, 2.24) is 9.80 Å². The molecule has 0 radical (unpaired) electrons. The van der Waals surface area contributed by atoms with Crippen molar-refractivity contribution in [3.8, 4) is 0 Å². The Balaban J connectivity index is -0.000000605. The van der Waals surface area contributed by atoms with Gasteiger partial charge in [-0.15, -0.1) is 0 Å². The van der Waals surface area contributed by atoms with Crippen LogP contribution in [-0.2, 0) is 0 Å². The first-order valence-corrected chi connectivity index (χ1v) is 6.19. The van der Waals surface area contributed by atoms with Gasteiger partial charge in [-0.3, -0.25) is 0 Å². The second-order valence-electron chi connectivity index (χ2n) is 2.49. The molecule has 0 aromatic rings. The van der Waals surface area contributed by atoms with Crippen LogP contribution in [-0.4, -0.2) is 46.6 Å². The monoisotopic (exact) mass is 264 g/mol. The fourth-order valence-corrected chi connectivity index (χ4v) is 2.60. The van der Waals surface area contributed by atoms with Gasteiger partial charge in [0.05, 0.1) is 0 Å². The van der Waals surface area contributed by atoms with Crippen molar-refractivity contribution in [1.29, 1.82) is 0 Å². The van der Waals surface area contributed by atoms with E-state index in [1.54, 1.807) is 0 Å². The Hall–Kier alpha value is 1.48. The fraction of sp³-hybridized carbons (Fsp3) is 0.667. The summed E-state index contributed by atoms with van der Waals surface area (Å²) < 4.78 is 1.67. The van der Waals surface area contributed by atoms with Gasteiger partial charge in [0.25, 0.3) is 0 Å². The Morgan fingerprint density at radius 1 is 0.923 bits per heavy atom. The molecule has 0 aliphatic heterocycles. The van der Waals surface area contributed by atoms with E-state index in [-0.39, 0.29) is 31.0 Å². The SMILES string of the molecule is CN(C)C(=S)SSC(=S)N(C)C.[H-].[Na+]. The molecule has 0 aromatic heterocycles. The maximum atomic E-state index is 5.07. The summed E-state index contributed by atoms with van der Waals surface area (Å²) in [6.07, 6.45) is 0. The van der Waals surface area contributed by atoms with Crippen molar-refractivity contribution in [3.63, 3.8) is 0 Å². The average molecular weight is 264 g/mol. The molecule has 0 unspecified atom stereocenters. The Morgan fingerprint density at radius 2 is 1.15 bits per heavy atom. The molecule has 72 valence electrons. The first-order valence-electron chi connectivity index (χ1n) is 3.22. The van der Waals surface area contributed by atoms with Crippen molar-refractivity contribution >= 4 is 54.7 Å². The minimum absolute atomic E-state index is 0. The molecule has 0 heterocycles. The zero-order chi connectivity index (χ0) is 9.72. The molecular formula is C6H13N2NaS4. The number of nitrogens with zero attached hydrogens (tertiary/aromatic N) is 2. The van der Waals surface area contributed by atoms with Gasteiger partial charge >= 0.3 is 29.6 Å². The first kappa shape index (κ1) is 16.9. The fourth-order valence-electron chi connectivity index (χ4n) is 0.220. The zero-order valence-electron chi connectivity index (χ0n) is 9.53. The van der Waals surface area contributed by atoms with Crippen LogP contribution in [0.25, 0.3) is 0 Å². The van der Waals surface area contributed by atoms with Gasteiger partial charge in [0, 0.05) is 28.2 Å². The van der Waals surface area contributed by atoms with E-state index in [1.165, 1.54) is 21.6 Å². The quantitative estimate of drug-likeness (QED) is 0.318. The van der Waals surface area contributed by atoms with Gasteiger partial charge in [-0.05, 0) is 21.6 Å². The summed E-state index contributed by atoms with van der Waals surface area (Å²) in [5.41, 5.74) is 0. The van der Waals surface area contributed by atoms with Crippen LogP contribution in [0.4, 0.5) is 0 Å². The summed E-state index contributed by atoms with van der Waals surface area (Å²) in [5, 5.41) is 0. The second-order valence-corrected chi connectivity index (χ2v) is 5.88. The van der Waals surface area contributed by atoms with Crippen LogP contribution in [0.5, 0.6) is 0 Å². The predicted octanol–water partition coefficient (Wildman–Crippen LogP) is -0.823. The molecule has 0 aromatic carbocycles. The first-order chi connectivity index (χ1) is 5.45. The van der Waals surface area contributed by atoms with Crippen LogP contribution in [0, 0.1) is 0 Å². The van der Waals surface area contributed by atoms with Crippen LogP contribution in [0.2, 0.25) is 0 Å². The summed E-state index contributed by atoms with van der Waals surface area (Å²) in [5.74, 6) is 0. The third kappa shape index (κ3) is 8.47. The predicted molar refractivity (Wildman–Crippen MR) is 68.9 cm³/mol. The van der Waals surface area contributed by atoms with Crippen LogP contribution in [0.15, 0.2) is 0 Å². The molecular weight excluding hydrogens is 251 g/mol. The Kier molecular flexibility index (Phi) is 11.4. The van der Waals surface area contributed by atoms with E-state index in [0.29, 0.717) is 0 Å². The third-order valence-corrected chi connectivity index (χ3v) is 5.07. The molecule has 0 amide bonds. The third-order valence-electron chi connectivity index (χ3n) is 0.915. The van der Waals surface area contributed by atoms with E-state index < -0.39 is 0 Å². The van der Waals surface area contributed by atoms with E-state index in [4.69, 9.17) is 24.4 Å². The van der Waals surface area contributed by atoms with E-state index in [2.05, 4.69) is 0 Å². The molecule has 0 saturated carbocycles. The molecule has 0 saturated heterocycles. The molecule has 7 heteroatoms. The molecule has 13 heavy (non-hydrogen) atoms. The maximum Gasteiger partial charge on any atom is 1.00 e. The van der Waals surface area contributed by atoms with Crippen molar-refractivity contribution in [2.45, 2.75) is 0 Å². The van der Waals surface area contributed by atoms with Crippen LogP contribution in [0.3, 0.4) is 0 Å². The van der Waals surface area contributed by atoms with Crippen LogP contribution >= 0.6 is 46.0 Å². The largest absolute Gasteiger partial charge is 1.00 e. The minimum atomic E-state index is 0. The number of rotatable bonds is 0. The molecule has 0 spiro atoms. The standard InChI is InChI=1S/C6H12N2S4.Na.H/c1-7(2)5(9)11-12-6(10)8(3)4;;/h1-4H3;;/q;+1;-1. The Morgan fingerprint density at radius 3 is 1.31 bits per heavy atom. The summed E-state index contributed by atoms with van der Waals surface area (Å²) in [6.45, 7) is 0. The maximum absolute atomic E-state index is 5.07. The summed E-state index contributed by atoms with van der Waals surface area (Å²) >= 11 is 10.1. The molecule has 0 aliphatic carbocycles. The summed E-state index contributed by atoms with van der Waals surface area (Å²) in [4.78, 5) is 3.79. The second kappa shape index (κ2) is 8.76. The van der Waals surface area contributed by atoms with E-state index in [1.807, 2.05) is 38.0 Å². The number of hydrogen-bond acceptors (Lipinski definition) is 4. The smallest absolute Gasteiger partial charge is 1.00 e. The zero-order valence-corrected chi connectivity index (χ0v) is 13.8. The van der Waals surface area contributed by atoms with E-state index in [9.17, 15) is 0 Å². The average Bonchev–Trinajstić information content (AvgIpc) is 1.98. The van der Waals surface area contributed by atoms with Crippen molar-refractivity contribution < 1.29 is 31.0 Å². The Labute approximate surface area is 122 Å². The van der Waals surface area contributed by atoms with Crippen molar-refractivity contribution in [2.24, 2.45) is 0 Å². The van der Waals surface area contributed by atoms with Gasteiger partial charge in [0.15, 0.2) is 0 Å².